The summed E-state index contributed by atoms with van der Waals surface area (Å²) in [4.78, 5) is 60.2. The molecule has 2 aliphatic heterocycles. The molecule has 270 valence electrons. The highest BCUT2D eigenvalue weighted by molar-refractivity contribution is 7.91. The largest absolute Gasteiger partial charge is 0.481 e. The third-order valence-corrected chi connectivity index (χ3v) is 12.9. The number of aromatic nitrogens is 1. The lowest BCUT2D eigenvalue weighted by Gasteiger charge is -2.32. The van der Waals surface area contributed by atoms with E-state index in [0.717, 1.165) is 11.8 Å². The lowest BCUT2D eigenvalue weighted by atomic mass is 9.88. The quantitative estimate of drug-likeness (QED) is 0.310. The minimum absolute atomic E-state index is 0.00391. The second-order valence-electron chi connectivity index (χ2n) is 14.6. The normalized spacial score (nSPS) is 31.6. The number of rotatable bonds is 7. The molecule has 2 aromatic rings. The summed E-state index contributed by atoms with van der Waals surface area (Å²) in [5.41, 5.74) is -1.54. The highest BCUT2D eigenvalue weighted by Gasteiger charge is 2.63. The number of methoxy groups -OCH3 is 1. The van der Waals surface area contributed by atoms with Gasteiger partial charge in [0.05, 0.1) is 18.4 Å². The third-order valence-electron chi connectivity index (χ3n) is 10.7. The van der Waals surface area contributed by atoms with Crippen molar-refractivity contribution in [2.75, 3.05) is 13.7 Å². The number of sulfonamides is 1. The highest BCUT2D eigenvalue weighted by Crippen LogP contribution is 2.47. The van der Waals surface area contributed by atoms with Gasteiger partial charge in [-0.3, -0.25) is 19.1 Å². The van der Waals surface area contributed by atoms with Crippen molar-refractivity contribution < 1.29 is 42.2 Å². The zero-order valence-electron chi connectivity index (χ0n) is 28.7. The first kappa shape index (κ1) is 35.4. The number of pyridine rings is 1. The first-order valence-electron chi connectivity index (χ1n) is 17.1. The van der Waals surface area contributed by atoms with Crippen LogP contribution in [0.25, 0.3) is 10.8 Å². The average molecular weight is 712 g/mol. The van der Waals surface area contributed by atoms with Gasteiger partial charge in [-0.1, -0.05) is 44.2 Å². The van der Waals surface area contributed by atoms with Gasteiger partial charge in [-0.2, -0.15) is 4.98 Å². The van der Waals surface area contributed by atoms with Gasteiger partial charge >= 0.3 is 6.09 Å². The molecule has 0 bridgehead atoms. The Morgan fingerprint density at radius 1 is 1.14 bits per heavy atom. The lowest BCUT2D eigenvalue weighted by Crippen LogP contribution is -2.59. The van der Waals surface area contributed by atoms with E-state index < -0.39 is 74.1 Å². The minimum atomic E-state index is -4.00. The lowest BCUT2D eigenvalue weighted by molar-refractivity contribution is -0.142. The second-order valence-corrected chi connectivity index (χ2v) is 16.8. The Kier molecular flexibility index (Phi) is 9.48. The number of nitrogens with one attached hydrogen (secondary N) is 3. The first-order valence-corrected chi connectivity index (χ1v) is 18.6. The summed E-state index contributed by atoms with van der Waals surface area (Å²) in [6, 6.07) is 6.84. The van der Waals surface area contributed by atoms with E-state index in [4.69, 9.17) is 9.47 Å². The number of fused-ring (bicyclic) bond motifs is 3. The standard InChI is InChI=1S/C35H45N5O9S/c1-20-9-5-7-11-23-18-35(23,32(43)39-50(46,47)34(3)13-14-34)38-29(41)26-17-24(19-40(26)31(42)28(21(2)15-20)37-33(44)45)49-30-25-12-8-6-10-22(25)16-27(36-30)48-4/h6-8,10-12,16,20-21,23-24,26,28,37H,5,9,13-15,17-19H2,1-4H3,(H,38,41)(H,39,43)(H,44,45)/b11-7-/t20-,21-,23-,24-,26+,28+,35-/m1/s1. The van der Waals surface area contributed by atoms with Gasteiger partial charge in [0.15, 0.2) is 0 Å². The molecular formula is C35H45N5O9S. The Morgan fingerprint density at radius 3 is 2.58 bits per heavy atom. The van der Waals surface area contributed by atoms with Gasteiger partial charge in [-0.05, 0) is 68.7 Å². The van der Waals surface area contributed by atoms with Crippen LogP contribution in [0.5, 0.6) is 11.8 Å². The molecule has 1 aromatic carbocycles. The fourth-order valence-corrected chi connectivity index (χ4v) is 8.54. The Bertz CT molecular complexity index is 1830. The van der Waals surface area contributed by atoms with E-state index in [9.17, 15) is 32.7 Å². The molecule has 0 unspecified atom stereocenters. The summed E-state index contributed by atoms with van der Waals surface area (Å²) < 4.78 is 39.1. The summed E-state index contributed by atoms with van der Waals surface area (Å²) in [5, 5.41) is 16.5. The van der Waals surface area contributed by atoms with Crippen LogP contribution in [0.1, 0.15) is 65.7 Å². The molecule has 14 nitrogen and oxygen atoms in total. The number of hydrogen-bond acceptors (Lipinski definition) is 9. The van der Waals surface area contributed by atoms with Crippen molar-refractivity contribution in [3.63, 3.8) is 0 Å². The zero-order chi connectivity index (χ0) is 36.0. The summed E-state index contributed by atoms with van der Waals surface area (Å²) in [6.07, 6.45) is 4.64. The Balaban J connectivity index is 1.35. The van der Waals surface area contributed by atoms with Gasteiger partial charge in [0.2, 0.25) is 33.6 Å². The van der Waals surface area contributed by atoms with Gasteiger partial charge in [-0.25, -0.2) is 13.2 Å². The van der Waals surface area contributed by atoms with Crippen LogP contribution in [0.4, 0.5) is 4.79 Å². The molecule has 2 aliphatic carbocycles. The summed E-state index contributed by atoms with van der Waals surface area (Å²) >= 11 is 0. The van der Waals surface area contributed by atoms with Crippen molar-refractivity contribution >= 4 is 44.6 Å². The van der Waals surface area contributed by atoms with Crippen molar-refractivity contribution in [1.29, 1.82) is 0 Å². The van der Waals surface area contributed by atoms with Crippen LogP contribution in [0.15, 0.2) is 42.5 Å². The number of ether oxygens (including phenoxy) is 2. The predicted molar refractivity (Wildman–Crippen MR) is 183 cm³/mol. The second kappa shape index (κ2) is 13.4. The first-order chi connectivity index (χ1) is 23.7. The maximum atomic E-state index is 14.3. The number of allylic oxidation sites excluding steroid dienone is 1. The maximum absolute atomic E-state index is 14.3. The number of carbonyl (C=O) groups excluding carboxylic acids is 3. The van der Waals surface area contributed by atoms with Crippen LogP contribution in [-0.4, -0.2) is 89.4 Å². The number of amides is 4. The molecule has 1 saturated heterocycles. The molecule has 3 fully saturated rings. The van der Waals surface area contributed by atoms with Crippen LogP contribution in [0, 0.1) is 17.8 Å². The molecule has 3 heterocycles. The van der Waals surface area contributed by atoms with Gasteiger partial charge in [-0.15, -0.1) is 0 Å². The monoisotopic (exact) mass is 711 g/mol. The summed E-state index contributed by atoms with van der Waals surface area (Å²) in [7, 11) is -2.51. The summed E-state index contributed by atoms with van der Waals surface area (Å²) in [5.74, 6) is -2.27. The van der Waals surface area contributed by atoms with Crippen LogP contribution in [-0.2, 0) is 24.4 Å². The van der Waals surface area contributed by atoms with Crippen molar-refractivity contribution in [2.45, 2.75) is 94.2 Å². The number of nitrogens with zero attached hydrogens (tertiary/aromatic N) is 2. The van der Waals surface area contributed by atoms with Crippen LogP contribution in [0.3, 0.4) is 0 Å². The number of benzene rings is 1. The molecule has 6 rings (SSSR count). The van der Waals surface area contributed by atoms with E-state index in [1.165, 1.54) is 12.0 Å². The van der Waals surface area contributed by atoms with E-state index >= 15 is 0 Å². The molecule has 0 spiro atoms. The van der Waals surface area contributed by atoms with E-state index in [2.05, 4.69) is 20.3 Å². The molecule has 4 aliphatic rings. The van der Waals surface area contributed by atoms with Crippen molar-refractivity contribution in [3.8, 4) is 11.8 Å². The Hall–Kier alpha value is -4.40. The highest BCUT2D eigenvalue weighted by atomic mass is 32.2. The molecule has 7 atom stereocenters. The molecule has 50 heavy (non-hydrogen) atoms. The topological polar surface area (TPSA) is 193 Å². The van der Waals surface area contributed by atoms with Crippen molar-refractivity contribution in [2.24, 2.45) is 17.8 Å². The number of carbonyl (C=O) groups is 4. The number of carboxylic acid groups (broad SMARTS) is 1. The Labute approximate surface area is 291 Å². The predicted octanol–water partition coefficient (Wildman–Crippen LogP) is 3.11. The molecule has 0 radical (unpaired) electrons. The minimum Gasteiger partial charge on any atom is -0.481 e. The molecule has 4 amide bonds. The van der Waals surface area contributed by atoms with Crippen LogP contribution < -0.4 is 24.8 Å². The van der Waals surface area contributed by atoms with Crippen molar-refractivity contribution in [1.82, 2.24) is 25.2 Å². The van der Waals surface area contributed by atoms with Crippen LogP contribution in [0.2, 0.25) is 0 Å². The fraction of sp³-hybridized carbons (Fsp3) is 0.571. The zero-order valence-corrected chi connectivity index (χ0v) is 29.5. The smallest absolute Gasteiger partial charge is 0.405 e. The maximum Gasteiger partial charge on any atom is 0.405 e. The molecular weight excluding hydrogens is 666 g/mol. The van der Waals surface area contributed by atoms with Gasteiger partial charge < -0.3 is 30.1 Å². The molecule has 1 aromatic heterocycles. The molecule has 2 saturated carbocycles. The SMILES string of the molecule is COc1cc2ccccc2c(O[C@@H]2C[C@H]3C(=O)N[C@]4(C(=O)NS(=O)(=O)C5(C)CC5)C[C@H]4/C=C\CC[C@@H](C)C[C@@H](C)[C@H](NC(=O)O)C(=O)N3C2)n1. The summed E-state index contributed by atoms with van der Waals surface area (Å²) in [6.45, 7) is 5.34. The average Bonchev–Trinajstić information content (AvgIpc) is 3.95. The fourth-order valence-electron chi connectivity index (χ4n) is 7.23. The number of hydrogen-bond donors (Lipinski definition) is 4. The molecule has 15 heteroatoms. The van der Waals surface area contributed by atoms with Gasteiger partial charge in [0.25, 0.3) is 5.91 Å². The van der Waals surface area contributed by atoms with Crippen LogP contribution >= 0.6 is 0 Å². The third kappa shape index (κ3) is 6.96. The van der Waals surface area contributed by atoms with E-state index in [1.54, 1.807) is 13.0 Å². The molecule has 4 N–H and O–H groups in total. The van der Waals surface area contributed by atoms with E-state index in [1.807, 2.05) is 50.3 Å². The van der Waals surface area contributed by atoms with E-state index in [-0.39, 0.29) is 31.2 Å². The Morgan fingerprint density at radius 2 is 1.88 bits per heavy atom. The van der Waals surface area contributed by atoms with Gasteiger partial charge in [0.1, 0.15) is 23.7 Å². The van der Waals surface area contributed by atoms with Crippen molar-refractivity contribution in [3.05, 3.63) is 42.5 Å². The van der Waals surface area contributed by atoms with Gasteiger partial charge in [0, 0.05) is 23.8 Å². The van der Waals surface area contributed by atoms with E-state index in [0.29, 0.717) is 36.9 Å².